The number of nitrogens with one attached hydrogen (secondary N) is 1. The number of rotatable bonds is 5. The van der Waals surface area contributed by atoms with Crippen molar-refractivity contribution < 1.29 is 0 Å². The summed E-state index contributed by atoms with van der Waals surface area (Å²) in [7, 11) is 2.26. The summed E-state index contributed by atoms with van der Waals surface area (Å²) in [4.78, 5) is 5.23. The molecular weight excluding hydrogens is 222 g/mol. The third kappa shape index (κ3) is 3.46. The summed E-state index contributed by atoms with van der Waals surface area (Å²) in [5, 5.41) is 3.72. The van der Waals surface area contributed by atoms with Crippen LogP contribution in [0.1, 0.15) is 40.5 Å². The minimum atomic E-state index is 0.677. The van der Waals surface area contributed by atoms with Crippen molar-refractivity contribution in [2.45, 2.75) is 64.7 Å². The van der Waals surface area contributed by atoms with Gasteiger partial charge in [-0.1, -0.05) is 13.8 Å². The molecule has 106 valence electrons. The summed E-state index contributed by atoms with van der Waals surface area (Å²) >= 11 is 0. The van der Waals surface area contributed by atoms with Gasteiger partial charge >= 0.3 is 0 Å². The highest BCUT2D eigenvalue weighted by atomic mass is 15.3. The zero-order valence-electron chi connectivity index (χ0n) is 12.8. The fourth-order valence-electron chi connectivity index (χ4n) is 3.08. The predicted molar refractivity (Wildman–Crippen MR) is 77.9 cm³/mol. The Labute approximate surface area is 113 Å². The van der Waals surface area contributed by atoms with Crippen molar-refractivity contribution in [3.05, 3.63) is 0 Å². The molecule has 0 aromatic rings. The van der Waals surface area contributed by atoms with Gasteiger partial charge in [-0.15, -0.1) is 0 Å². The molecule has 3 atom stereocenters. The highest BCUT2D eigenvalue weighted by molar-refractivity contribution is 4.90. The summed E-state index contributed by atoms with van der Waals surface area (Å²) in [6, 6.07) is 2.88. The van der Waals surface area contributed by atoms with Crippen molar-refractivity contribution in [1.82, 2.24) is 15.1 Å². The van der Waals surface area contributed by atoms with Crippen molar-refractivity contribution in [3.8, 4) is 0 Å². The standard InChI is InChI=1S/C15H31N3/c1-11(2)15(8-16-14-6-7-14)18-9-12(3)17(5)13(4)10-18/h11-16H,6-10H2,1-5H3. The number of piperazine rings is 1. The van der Waals surface area contributed by atoms with Crippen LogP contribution in [-0.2, 0) is 0 Å². The molecule has 0 aromatic heterocycles. The molecule has 3 nitrogen and oxygen atoms in total. The second-order valence-electron chi connectivity index (χ2n) is 6.81. The van der Waals surface area contributed by atoms with Gasteiger partial charge in [-0.2, -0.15) is 0 Å². The fourth-order valence-corrected chi connectivity index (χ4v) is 3.08. The van der Waals surface area contributed by atoms with Gasteiger partial charge in [-0.05, 0) is 39.7 Å². The quantitative estimate of drug-likeness (QED) is 0.806. The highest BCUT2D eigenvalue weighted by Gasteiger charge is 2.32. The van der Waals surface area contributed by atoms with E-state index in [-0.39, 0.29) is 0 Å². The Morgan fingerprint density at radius 1 is 1.11 bits per heavy atom. The van der Waals surface area contributed by atoms with E-state index < -0.39 is 0 Å². The molecule has 3 unspecified atom stereocenters. The Morgan fingerprint density at radius 3 is 2.11 bits per heavy atom. The second kappa shape index (κ2) is 5.89. The summed E-state index contributed by atoms with van der Waals surface area (Å²) in [6.07, 6.45) is 2.78. The second-order valence-corrected chi connectivity index (χ2v) is 6.81. The van der Waals surface area contributed by atoms with Crippen molar-refractivity contribution in [2.75, 3.05) is 26.7 Å². The van der Waals surface area contributed by atoms with Gasteiger partial charge in [0, 0.05) is 43.8 Å². The molecule has 2 fully saturated rings. The summed E-state index contributed by atoms with van der Waals surface area (Å²) < 4.78 is 0. The maximum atomic E-state index is 3.72. The van der Waals surface area contributed by atoms with Crippen LogP contribution in [0.15, 0.2) is 0 Å². The monoisotopic (exact) mass is 253 g/mol. The first kappa shape index (κ1) is 14.3. The first-order chi connectivity index (χ1) is 8.49. The predicted octanol–water partition coefficient (Wildman–Crippen LogP) is 1.79. The Bertz CT molecular complexity index is 250. The molecule has 0 radical (unpaired) electrons. The minimum Gasteiger partial charge on any atom is -0.312 e. The lowest BCUT2D eigenvalue weighted by atomic mass is 9.98. The van der Waals surface area contributed by atoms with Gasteiger partial charge in [0.2, 0.25) is 0 Å². The van der Waals surface area contributed by atoms with E-state index in [2.05, 4.69) is 49.9 Å². The topological polar surface area (TPSA) is 18.5 Å². The van der Waals surface area contributed by atoms with E-state index >= 15 is 0 Å². The van der Waals surface area contributed by atoms with Crippen molar-refractivity contribution in [3.63, 3.8) is 0 Å². The van der Waals surface area contributed by atoms with Crippen LogP contribution < -0.4 is 5.32 Å². The van der Waals surface area contributed by atoms with Crippen LogP contribution in [-0.4, -0.2) is 60.6 Å². The molecule has 1 saturated carbocycles. The highest BCUT2D eigenvalue weighted by Crippen LogP contribution is 2.22. The molecule has 0 aromatic carbocycles. The van der Waals surface area contributed by atoms with E-state index in [1.165, 1.54) is 32.5 Å². The van der Waals surface area contributed by atoms with E-state index in [9.17, 15) is 0 Å². The van der Waals surface area contributed by atoms with E-state index in [1.807, 2.05) is 0 Å². The lowest BCUT2D eigenvalue weighted by molar-refractivity contribution is 0.0208. The zero-order chi connectivity index (χ0) is 13.3. The average molecular weight is 253 g/mol. The van der Waals surface area contributed by atoms with Gasteiger partial charge in [0.05, 0.1) is 0 Å². The molecule has 0 spiro atoms. The van der Waals surface area contributed by atoms with Crippen LogP contribution in [0.2, 0.25) is 0 Å². The molecule has 1 aliphatic heterocycles. The average Bonchev–Trinajstić information content (AvgIpc) is 3.09. The number of hydrogen-bond donors (Lipinski definition) is 1. The van der Waals surface area contributed by atoms with E-state index in [0.717, 1.165) is 12.0 Å². The molecule has 18 heavy (non-hydrogen) atoms. The molecule has 0 amide bonds. The maximum absolute atomic E-state index is 3.72. The Hall–Kier alpha value is -0.120. The number of likely N-dealkylation sites (N-methyl/N-ethyl adjacent to an activating group) is 1. The molecule has 1 saturated heterocycles. The first-order valence-electron chi connectivity index (χ1n) is 7.68. The van der Waals surface area contributed by atoms with Crippen LogP contribution in [0, 0.1) is 5.92 Å². The van der Waals surface area contributed by atoms with Crippen LogP contribution in [0.25, 0.3) is 0 Å². The van der Waals surface area contributed by atoms with E-state index in [4.69, 9.17) is 0 Å². The van der Waals surface area contributed by atoms with Gasteiger partial charge in [0.15, 0.2) is 0 Å². The van der Waals surface area contributed by atoms with Gasteiger partial charge < -0.3 is 5.32 Å². The van der Waals surface area contributed by atoms with Crippen molar-refractivity contribution in [1.29, 1.82) is 0 Å². The third-order valence-electron chi connectivity index (χ3n) is 4.82. The van der Waals surface area contributed by atoms with Crippen LogP contribution >= 0.6 is 0 Å². The molecule has 0 bridgehead atoms. The summed E-state index contributed by atoms with van der Waals surface area (Å²) in [5.74, 6) is 0.735. The van der Waals surface area contributed by atoms with Crippen LogP contribution in [0.3, 0.4) is 0 Å². The Kier molecular flexibility index (Phi) is 4.68. The van der Waals surface area contributed by atoms with Crippen LogP contribution in [0.4, 0.5) is 0 Å². The molecule has 1 aliphatic carbocycles. The van der Waals surface area contributed by atoms with Crippen molar-refractivity contribution >= 4 is 0 Å². The number of nitrogens with zero attached hydrogens (tertiary/aromatic N) is 2. The summed E-state index contributed by atoms with van der Waals surface area (Å²) in [6.45, 7) is 13.1. The molecule has 1 heterocycles. The lowest BCUT2D eigenvalue weighted by Gasteiger charge is -2.46. The normalized spacial score (nSPS) is 33.0. The zero-order valence-corrected chi connectivity index (χ0v) is 12.8. The van der Waals surface area contributed by atoms with E-state index in [0.29, 0.717) is 18.1 Å². The van der Waals surface area contributed by atoms with E-state index in [1.54, 1.807) is 0 Å². The SMILES string of the molecule is CC(C)C(CNC1CC1)N1CC(C)N(C)C(C)C1. The lowest BCUT2D eigenvalue weighted by Crippen LogP contribution is -2.60. The van der Waals surface area contributed by atoms with Gasteiger partial charge in [-0.25, -0.2) is 0 Å². The van der Waals surface area contributed by atoms with Gasteiger partial charge in [0.25, 0.3) is 0 Å². The smallest absolute Gasteiger partial charge is 0.0245 e. The molecule has 2 aliphatic rings. The Morgan fingerprint density at radius 2 is 1.67 bits per heavy atom. The Balaban J connectivity index is 1.92. The minimum absolute atomic E-state index is 0.677. The third-order valence-corrected chi connectivity index (χ3v) is 4.82. The summed E-state index contributed by atoms with van der Waals surface area (Å²) in [5.41, 5.74) is 0. The molecule has 3 heteroatoms. The van der Waals surface area contributed by atoms with Gasteiger partial charge in [-0.3, -0.25) is 9.80 Å². The molecule has 2 rings (SSSR count). The molecular formula is C15H31N3. The number of hydrogen-bond acceptors (Lipinski definition) is 3. The fraction of sp³-hybridized carbons (Fsp3) is 1.00. The first-order valence-corrected chi connectivity index (χ1v) is 7.68. The van der Waals surface area contributed by atoms with Gasteiger partial charge in [0.1, 0.15) is 0 Å². The van der Waals surface area contributed by atoms with Crippen molar-refractivity contribution in [2.24, 2.45) is 5.92 Å². The maximum Gasteiger partial charge on any atom is 0.0245 e. The molecule has 1 N–H and O–H groups in total. The largest absolute Gasteiger partial charge is 0.312 e. The van der Waals surface area contributed by atoms with Crippen LogP contribution in [0.5, 0.6) is 0 Å².